The molecule has 0 aromatic heterocycles. The Balaban J connectivity index is 1.31. The molecule has 4 heterocycles. The molecule has 12 nitrogen and oxygen atoms in total. The van der Waals surface area contributed by atoms with Crippen LogP contribution in [0.1, 0.15) is 34.1 Å². The molecule has 5 rings (SSSR count). The van der Waals surface area contributed by atoms with Crippen LogP contribution in [0.5, 0.6) is 0 Å². The van der Waals surface area contributed by atoms with E-state index in [0.29, 0.717) is 155 Å². The smallest absolute Gasteiger partial charge is 0.0911 e. The third-order valence-electron chi connectivity index (χ3n) is 10.3. The molecule has 1 aromatic rings. The van der Waals surface area contributed by atoms with Gasteiger partial charge in [-0.25, -0.2) is 0 Å². The Kier molecular flexibility index (Phi) is 20.7. The third kappa shape index (κ3) is 13.3. The molecule has 4 fully saturated rings. The molecule has 0 bridgehead atoms. The quantitative estimate of drug-likeness (QED) is 0.409. The number of hydrogen-bond donors (Lipinski definition) is 0. The Morgan fingerprint density at radius 2 is 0.566 bits per heavy atom. The van der Waals surface area contributed by atoms with E-state index in [-0.39, 0.29) is 24.4 Å². The predicted octanol–water partition coefficient (Wildman–Crippen LogP) is 3.57. The summed E-state index contributed by atoms with van der Waals surface area (Å²) in [7, 11) is -1.27. The molecule has 0 radical (unpaired) electrons. The summed E-state index contributed by atoms with van der Waals surface area (Å²) in [5.74, 6) is 0. The fraction of sp³-hybridized carbons (Fsp3) is 0.846. The first-order valence-electron chi connectivity index (χ1n) is 19.8. The minimum atomic E-state index is -0.635. The molecule has 0 N–H and O–H groups in total. The molecule has 8 unspecified atom stereocenters. The first kappa shape index (κ1) is 43.7. The highest BCUT2D eigenvalue weighted by atomic mass is 31.1. The van der Waals surface area contributed by atoms with Gasteiger partial charge in [-0.3, -0.25) is 0 Å². The number of fused-ring (bicyclic) bond motifs is 2. The summed E-state index contributed by atoms with van der Waals surface area (Å²) in [5, 5.41) is 2.92. The number of benzene rings is 1. The van der Waals surface area contributed by atoms with Gasteiger partial charge in [0.25, 0.3) is 0 Å². The average molecular weight is 789 g/mol. The maximum atomic E-state index is 6.66. The van der Waals surface area contributed by atoms with Crippen LogP contribution in [0.25, 0.3) is 0 Å². The van der Waals surface area contributed by atoms with Gasteiger partial charge in [-0.15, -0.1) is 0 Å². The molecule has 0 spiro atoms. The summed E-state index contributed by atoms with van der Waals surface area (Å²) >= 11 is 0. The Morgan fingerprint density at radius 1 is 0.340 bits per heavy atom. The van der Waals surface area contributed by atoms with Gasteiger partial charge >= 0.3 is 0 Å². The van der Waals surface area contributed by atoms with Crippen LogP contribution >= 0.6 is 15.8 Å². The Bertz CT molecular complexity index is 1060. The van der Waals surface area contributed by atoms with Gasteiger partial charge in [-0.2, -0.15) is 0 Å². The second-order valence-corrected chi connectivity index (χ2v) is 19.7. The number of ether oxygens (including phenoxy) is 12. The lowest BCUT2D eigenvalue weighted by atomic mass is 10.1. The summed E-state index contributed by atoms with van der Waals surface area (Å²) < 4.78 is 72.7. The Hall–Kier alpha value is -0.400. The highest BCUT2D eigenvalue weighted by Crippen LogP contribution is 2.60. The zero-order valence-corrected chi connectivity index (χ0v) is 34.4. The summed E-state index contributed by atoms with van der Waals surface area (Å²) in [4.78, 5) is 0. The van der Waals surface area contributed by atoms with Crippen LogP contribution in [0, 0.1) is 0 Å². The molecule has 304 valence electrons. The van der Waals surface area contributed by atoms with Crippen molar-refractivity contribution < 1.29 is 56.8 Å². The normalized spacial score (nSPS) is 36.8. The van der Waals surface area contributed by atoms with E-state index in [1.54, 1.807) is 0 Å². The molecule has 14 heteroatoms. The van der Waals surface area contributed by atoms with Gasteiger partial charge in [-0.1, -0.05) is 67.8 Å². The van der Waals surface area contributed by atoms with Gasteiger partial charge in [0, 0.05) is 35.8 Å². The zero-order valence-electron chi connectivity index (χ0n) is 32.6. The predicted molar refractivity (Wildman–Crippen MR) is 208 cm³/mol. The average Bonchev–Trinajstić information content (AvgIpc) is 3.53. The lowest BCUT2D eigenvalue weighted by molar-refractivity contribution is -0.0913. The fourth-order valence-electron chi connectivity index (χ4n) is 7.83. The molecule has 4 saturated heterocycles. The van der Waals surface area contributed by atoms with Crippen LogP contribution in [0.2, 0.25) is 0 Å². The second kappa shape index (κ2) is 25.1. The third-order valence-corrected chi connectivity index (χ3v) is 17.1. The molecular formula is C39H66O12P2. The van der Waals surface area contributed by atoms with Crippen molar-refractivity contribution in [1.82, 2.24) is 0 Å². The molecule has 4 aliphatic rings. The molecule has 1 aromatic carbocycles. The molecule has 4 aliphatic heterocycles. The SMILES string of the molecule is CC1C2OCCOCCOCCCOCCOCCOC2C(C)P1c1ccccc1P1C(C)C2OCCOCCOCCOCCOCCOC2C1C. The van der Waals surface area contributed by atoms with Crippen molar-refractivity contribution >= 4 is 26.5 Å². The van der Waals surface area contributed by atoms with Crippen LogP contribution in [0.15, 0.2) is 24.3 Å². The van der Waals surface area contributed by atoms with E-state index in [2.05, 4.69) is 52.0 Å². The first-order valence-corrected chi connectivity index (χ1v) is 22.8. The van der Waals surface area contributed by atoms with Gasteiger partial charge in [0.15, 0.2) is 0 Å². The second-order valence-electron chi connectivity index (χ2n) is 13.9. The summed E-state index contributed by atoms with van der Waals surface area (Å²) in [6.07, 6.45) is 0.669. The van der Waals surface area contributed by atoms with Crippen LogP contribution in [0.4, 0.5) is 0 Å². The van der Waals surface area contributed by atoms with Crippen molar-refractivity contribution in [2.75, 3.05) is 132 Å². The largest absolute Gasteiger partial charge is 0.379 e. The topological polar surface area (TPSA) is 111 Å². The standard InChI is InChI=1S/C39H66O12P2/c1-30-36-37(49-27-23-45-15-13-41-11-7-10-40-12-14-44-22-26-48-36)31(2)52(30)34-8-5-6-9-35(34)53-32(3)38-39(33(53)4)51-29-25-47-21-19-43-17-16-42-18-20-46-24-28-50-38/h5-6,8-9,30-33,36-39H,7,10-29H2,1-4H3. The van der Waals surface area contributed by atoms with E-state index in [1.165, 1.54) is 10.6 Å². The summed E-state index contributed by atoms with van der Waals surface area (Å²) in [5.41, 5.74) is 1.16. The maximum Gasteiger partial charge on any atom is 0.0911 e. The molecule has 0 aliphatic carbocycles. The van der Waals surface area contributed by atoms with E-state index in [9.17, 15) is 0 Å². The van der Waals surface area contributed by atoms with Gasteiger partial charge in [0.1, 0.15) is 0 Å². The van der Waals surface area contributed by atoms with Crippen LogP contribution in [-0.4, -0.2) is 179 Å². The molecular weight excluding hydrogens is 722 g/mol. The van der Waals surface area contributed by atoms with Crippen molar-refractivity contribution in [3.63, 3.8) is 0 Å². The Labute approximate surface area is 320 Å². The highest BCUT2D eigenvalue weighted by molar-refractivity contribution is 7.73. The van der Waals surface area contributed by atoms with E-state index in [0.717, 1.165) is 6.42 Å². The van der Waals surface area contributed by atoms with E-state index in [1.807, 2.05) is 0 Å². The highest BCUT2D eigenvalue weighted by Gasteiger charge is 2.52. The number of hydrogen-bond acceptors (Lipinski definition) is 12. The van der Waals surface area contributed by atoms with Crippen molar-refractivity contribution in [2.45, 2.75) is 81.2 Å². The van der Waals surface area contributed by atoms with Crippen molar-refractivity contribution in [2.24, 2.45) is 0 Å². The maximum absolute atomic E-state index is 6.66. The van der Waals surface area contributed by atoms with Crippen molar-refractivity contribution in [3.05, 3.63) is 24.3 Å². The van der Waals surface area contributed by atoms with E-state index in [4.69, 9.17) is 56.8 Å². The minimum absolute atomic E-state index is 0.0468. The monoisotopic (exact) mass is 788 g/mol. The lowest BCUT2D eigenvalue weighted by Crippen LogP contribution is -2.37. The van der Waals surface area contributed by atoms with Crippen LogP contribution in [-0.2, 0) is 56.8 Å². The van der Waals surface area contributed by atoms with Crippen LogP contribution < -0.4 is 10.6 Å². The van der Waals surface area contributed by atoms with Crippen LogP contribution in [0.3, 0.4) is 0 Å². The fourth-order valence-corrected chi connectivity index (χ4v) is 15.2. The summed E-state index contributed by atoms with van der Waals surface area (Å²) in [6, 6.07) is 9.14. The first-order chi connectivity index (χ1) is 26.1. The lowest BCUT2D eigenvalue weighted by Gasteiger charge is -2.31. The minimum Gasteiger partial charge on any atom is -0.379 e. The van der Waals surface area contributed by atoms with Crippen molar-refractivity contribution in [3.8, 4) is 0 Å². The van der Waals surface area contributed by atoms with Gasteiger partial charge in [-0.05, 0) is 17.0 Å². The molecule has 8 atom stereocenters. The zero-order chi connectivity index (χ0) is 37.1. The molecule has 53 heavy (non-hydrogen) atoms. The van der Waals surface area contributed by atoms with Gasteiger partial charge < -0.3 is 56.8 Å². The molecule has 0 saturated carbocycles. The van der Waals surface area contributed by atoms with Gasteiger partial charge in [0.05, 0.1) is 143 Å². The van der Waals surface area contributed by atoms with E-state index >= 15 is 0 Å². The van der Waals surface area contributed by atoms with Gasteiger partial charge in [0.2, 0.25) is 0 Å². The number of rotatable bonds is 2. The summed E-state index contributed by atoms with van der Waals surface area (Å²) in [6.45, 7) is 20.3. The van der Waals surface area contributed by atoms with E-state index < -0.39 is 15.8 Å². The van der Waals surface area contributed by atoms with Crippen molar-refractivity contribution in [1.29, 1.82) is 0 Å². The Morgan fingerprint density at radius 3 is 0.830 bits per heavy atom. The molecule has 0 amide bonds.